The van der Waals surface area contributed by atoms with Crippen molar-refractivity contribution in [3.8, 4) is 0 Å². The van der Waals surface area contributed by atoms with Crippen molar-refractivity contribution in [3.05, 3.63) is 22.6 Å². The molecule has 0 aliphatic carbocycles. The number of thioether (sulfide) groups is 1. The van der Waals surface area contributed by atoms with Crippen LogP contribution in [0.2, 0.25) is 0 Å². The van der Waals surface area contributed by atoms with E-state index in [2.05, 4.69) is 30.5 Å². The molecule has 1 aliphatic rings. The molecule has 0 radical (unpaired) electrons. The van der Waals surface area contributed by atoms with Crippen LogP contribution >= 0.6 is 39.3 Å². The topological polar surface area (TPSA) is 30.7 Å². The Kier molecular flexibility index (Phi) is 3.82. The van der Waals surface area contributed by atoms with E-state index in [1.807, 2.05) is 24.0 Å². The second-order valence-electron chi connectivity index (χ2n) is 4.50. The van der Waals surface area contributed by atoms with Crippen molar-refractivity contribution in [1.29, 1.82) is 0 Å². The first-order valence-electron chi connectivity index (χ1n) is 5.92. The third-order valence-electron chi connectivity index (χ3n) is 3.21. The maximum Gasteiger partial charge on any atom is 0.160 e. The van der Waals surface area contributed by atoms with Gasteiger partial charge in [-0.15, -0.1) is 11.6 Å². The van der Waals surface area contributed by atoms with Gasteiger partial charge in [0.15, 0.2) is 5.65 Å². The Labute approximate surface area is 123 Å². The second kappa shape index (κ2) is 5.39. The van der Waals surface area contributed by atoms with E-state index in [1.54, 1.807) is 0 Å². The van der Waals surface area contributed by atoms with Crippen molar-refractivity contribution in [1.82, 2.24) is 14.5 Å². The normalized spacial score (nSPS) is 19.8. The molecular weight excluding hydrogens is 334 g/mol. The molecule has 2 aromatic heterocycles. The number of alkyl halides is 1. The van der Waals surface area contributed by atoms with Gasteiger partial charge in [-0.3, -0.25) is 0 Å². The molecule has 1 unspecified atom stereocenters. The fourth-order valence-corrected chi connectivity index (χ4v) is 4.11. The Hall–Kier alpha value is -0.260. The van der Waals surface area contributed by atoms with Gasteiger partial charge in [-0.05, 0) is 45.8 Å². The van der Waals surface area contributed by atoms with Crippen molar-refractivity contribution in [2.45, 2.75) is 18.8 Å². The highest BCUT2D eigenvalue weighted by atomic mass is 79.9. The molecule has 1 saturated heterocycles. The minimum Gasteiger partial charge on any atom is -0.311 e. The van der Waals surface area contributed by atoms with Crippen molar-refractivity contribution in [3.63, 3.8) is 0 Å². The van der Waals surface area contributed by atoms with Gasteiger partial charge in [-0.1, -0.05) is 0 Å². The third kappa shape index (κ3) is 2.40. The maximum atomic E-state index is 6.00. The summed E-state index contributed by atoms with van der Waals surface area (Å²) in [4.78, 5) is 9.05. The lowest BCUT2D eigenvalue weighted by atomic mass is 10.1. The first-order valence-corrected chi connectivity index (χ1v) is 8.40. The summed E-state index contributed by atoms with van der Waals surface area (Å²) >= 11 is 11.5. The lowest BCUT2D eigenvalue weighted by molar-refractivity contribution is 0.491. The van der Waals surface area contributed by atoms with Crippen molar-refractivity contribution in [2.75, 3.05) is 11.5 Å². The molecule has 0 saturated carbocycles. The molecule has 0 spiro atoms. The Morgan fingerprint density at radius 3 is 3.17 bits per heavy atom. The standard InChI is InChI=1S/C12H13BrClN3S/c13-9-3-10-12(15-5-9)17(11(4-14)16-10)6-8-1-2-18-7-8/h3,5,8H,1-2,4,6-7H2. The Bertz CT molecular complexity index is 566. The van der Waals surface area contributed by atoms with Crippen LogP contribution < -0.4 is 0 Å². The summed E-state index contributed by atoms with van der Waals surface area (Å²) in [6.45, 7) is 0.986. The monoisotopic (exact) mass is 345 g/mol. The van der Waals surface area contributed by atoms with Gasteiger partial charge in [-0.2, -0.15) is 11.8 Å². The van der Waals surface area contributed by atoms with Gasteiger partial charge in [-0.25, -0.2) is 9.97 Å². The summed E-state index contributed by atoms with van der Waals surface area (Å²) < 4.78 is 3.14. The van der Waals surface area contributed by atoms with Gasteiger partial charge in [0.2, 0.25) is 0 Å². The molecule has 3 rings (SSSR count). The summed E-state index contributed by atoms with van der Waals surface area (Å²) in [6.07, 6.45) is 3.10. The van der Waals surface area contributed by atoms with Crippen LogP contribution in [-0.2, 0) is 12.4 Å². The molecule has 2 aromatic rings. The number of aromatic nitrogens is 3. The average molecular weight is 347 g/mol. The highest BCUT2D eigenvalue weighted by Gasteiger charge is 2.19. The maximum absolute atomic E-state index is 6.00. The van der Waals surface area contributed by atoms with Crippen LogP contribution in [0, 0.1) is 5.92 Å². The summed E-state index contributed by atoms with van der Waals surface area (Å²) in [5, 5.41) is 0. The number of nitrogens with zero attached hydrogens (tertiary/aromatic N) is 3. The Balaban J connectivity index is 2.01. The Morgan fingerprint density at radius 2 is 2.44 bits per heavy atom. The predicted molar refractivity (Wildman–Crippen MR) is 80.2 cm³/mol. The lowest BCUT2D eigenvalue weighted by Crippen LogP contribution is -2.12. The molecule has 1 aliphatic heterocycles. The largest absolute Gasteiger partial charge is 0.311 e. The summed E-state index contributed by atoms with van der Waals surface area (Å²) in [5.74, 6) is 4.59. The van der Waals surface area contributed by atoms with Crippen LogP contribution in [0.3, 0.4) is 0 Å². The number of halogens is 2. The Morgan fingerprint density at radius 1 is 1.56 bits per heavy atom. The van der Waals surface area contributed by atoms with Gasteiger partial charge < -0.3 is 4.57 Å². The second-order valence-corrected chi connectivity index (χ2v) is 6.83. The van der Waals surface area contributed by atoms with Crippen LogP contribution in [0.5, 0.6) is 0 Å². The number of hydrogen-bond donors (Lipinski definition) is 0. The lowest BCUT2D eigenvalue weighted by Gasteiger charge is -2.12. The van der Waals surface area contributed by atoms with Gasteiger partial charge in [0.25, 0.3) is 0 Å². The first-order chi connectivity index (χ1) is 8.78. The molecule has 1 fully saturated rings. The van der Waals surface area contributed by atoms with Gasteiger partial charge in [0, 0.05) is 17.2 Å². The van der Waals surface area contributed by atoms with E-state index in [1.165, 1.54) is 17.9 Å². The van der Waals surface area contributed by atoms with Gasteiger partial charge in [0.1, 0.15) is 11.3 Å². The highest BCUT2D eigenvalue weighted by Crippen LogP contribution is 2.27. The number of pyridine rings is 1. The van der Waals surface area contributed by atoms with Crippen LogP contribution in [0.1, 0.15) is 12.2 Å². The summed E-state index contributed by atoms with van der Waals surface area (Å²) in [5.41, 5.74) is 1.87. The van der Waals surface area contributed by atoms with E-state index in [0.717, 1.165) is 33.9 Å². The fourth-order valence-electron chi connectivity index (χ4n) is 2.31. The van der Waals surface area contributed by atoms with E-state index in [-0.39, 0.29) is 0 Å². The summed E-state index contributed by atoms with van der Waals surface area (Å²) in [6, 6.07) is 2.00. The quantitative estimate of drug-likeness (QED) is 0.794. The smallest absolute Gasteiger partial charge is 0.160 e. The fraction of sp³-hybridized carbons (Fsp3) is 0.500. The highest BCUT2D eigenvalue weighted by molar-refractivity contribution is 9.10. The molecule has 3 nitrogen and oxygen atoms in total. The van der Waals surface area contributed by atoms with E-state index in [9.17, 15) is 0 Å². The first kappa shape index (κ1) is 12.8. The molecule has 0 amide bonds. The van der Waals surface area contributed by atoms with Crippen LogP contribution in [-0.4, -0.2) is 26.0 Å². The minimum atomic E-state index is 0.438. The molecule has 96 valence electrons. The average Bonchev–Trinajstić information content (AvgIpc) is 2.97. The van der Waals surface area contributed by atoms with E-state index < -0.39 is 0 Å². The number of rotatable bonds is 3. The number of hydrogen-bond acceptors (Lipinski definition) is 3. The minimum absolute atomic E-state index is 0.438. The third-order valence-corrected chi connectivity index (χ3v) is 5.12. The molecule has 0 bridgehead atoms. The molecule has 6 heteroatoms. The van der Waals surface area contributed by atoms with Crippen LogP contribution in [0.25, 0.3) is 11.2 Å². The van der Waals surface area contributed by atoms with Gasteiger partial charge in [0.05, 0.1) is 5.88 Å². The zero-order valence-corrected chi connectivity index (χ0v) is 12.9. The van der Waals surface area contributed by atoms with Crippen molar-refractivity contribution >= 4 is 50.5 Å². The SMILES string of the molecule is ClCc1nc2cc(Br)cnc2n1CC1CCSC1. The molecule has 0 aromatic carbocycles. The van der Waals surface area contributed by atoms with Gasteiger partial charge >= 0.3 is 0 Å². The van der Waals surface area contributed by atoms with E-state index in [0.29, 0.717) is 5.88 Å². The molecule has 3 heterocycles. The number of fused-ring (bicyclic) bond motifs is 1. The molecule has 1 atom stereocenters. The van der Waals surface area contributed by atoms with Crippen molar-refractivity contribution < 1.29 is 0 Å². The number of imidazole rings is 1. The molecule has 18 heavy (non-hydrogen) atoms. The van der Waals surface area contributed by atoms with E-state index in [4.69, 9.17) is 11.6 Å². The van der Waals surface area contributed by atoms with Crippen molar-refractivity contribution in [2.24, 2.45) is 5.92 Å². The zero-order chi connectivity index (χ0) is 12.5. The predicted octanol–water partition coefficient (Wildman–Crippen LogP) is 3.69. The van der Waals surface area contributed by atoms with E-state index >= 15 is 0 Å². The van der Waals surface area contributed by atoms with Crippen LogP contribution in [0.15, 0.2) is 16.7 Å². The molecule has 0 N–H and O–H groups in total. The summed E-state index contributed by atoms with van der Waals surface area (Å²) in [7, 11) is 0. The van der Waals surface area contributed by atoms with Crippen LogP contribution in [0.4, 0.5) is 0 Å². The molecular formula is C12H13BrClN3S. The zero-order valence-electron chi connectivity index (χ0n) is 9.77.